The Balaban J connectivity index is 1.50. The number of hydrogen-bond donors (Lipinski definition) is 2. The molecule has 1 aromatic heterocycles. The molecule has 0 atom stereocenters. The summed E-state index contributed by atoms with van der Waals surface area (Å²) in [7, 11) is 0. The monoisotopic (exact) mass is 391 g/mol. The zero-order valence-electron chi connectivity index (χ0n) is 15.2. The van der Waals surface area contributed by atoms with Crippen LogP contribution in [0, 0.1) is 0 Å². The Kier molecular flexibility index (Phi) is 6.51. The average molecular weight is 391 g/mol. The molecule has 29 heavy (non-hydrogen) atoms. The van der Waals surface area contributed by atoms with Crippen LogP contribution >= 0.6 is 0 Å². The quantitative estimate of drug-likeness (QED) is 0.220. The first kappa shape index (κ1) is 19.6. The molecule has 0 fully saturated rings. The smallest absolute Gasteiger partial charge is 0.379 e. The SMILES string of the molecule is O=C(NCc1ccccc1)C(=O)NN=Cc1cccc(OC(=O)c2ccco2)c1. The first-order chi connectivity index (χ1) is 14.1. The van der Waals surface area contributed by atoms with Crippen LogP contribution in [0.3, 0.4) is 0 Å². The number of ether oxygens (including phenoxy) is 1. The second-order valence-corrected chi connectivity index (χ2v) is 5.81. The van der Waals surface area contributed by atoms with Crippen LogP contribution in [0.1, 0.15) is 21.7 Å². The van der Waals surface area contributed by atoms with Gasteiger partial charge in [0.15, 0.2) is 0 Å². The lowest BCUT2D eigenvalue weighted by atomic mass is 10.2. The molecule has 3 rings (SSSR count). The third-order valence-electron chi connectivity index (χ3n) is 3.67. The van der Waals surface area contributed by atoms with E-state index in [-0.39, 0.29) is 18.1 Å². The van der Waals surface area contributed by atoms with Gasteiger partial charge in [-0.2, -0.15) is 5.10 Å². The Hall–Kier alpha value is -4.20. The normalized spacial score (nSPS) is 10.5. The van der Waals surface area contributed by atoms with Gasteiger partial charge in [0, 0.05) is 6.54 Å². The van der Waals surface area contributed by atoms with E-state index in [2.05, 4.69) is 15.8 Å². The summed E-state index contributed by atoms with van der Waals surface area (Å²) in [5, 5.41) is 6.24. The summed E-state index contributed by atoms with van der Waals surface area (Å²) in [6.45, 7) is 0.236. The van der Waals surface area contributed by atoms with Gasteiger partial charge >= 0.3 is 17.8 Å². The molecule has 146 valence electrons. The number of amides is 2. The highest BCUT2D eigenvalue weighted by Gasteiger charge is 2.12. The van der Waals surface area contributed by atoms with E-state index >= 15 is 0 Å². The van der Waals surface area contributed by atoms with Gasteiger partial charge in [0.2, 0.25) is 5.76 Å². The Morgan fingerprint density at radius 1 is 0.966 bits per heavy atom. The Labute approximate surface area is 166 Å². The maximum absolute atomic E-state index is 11.9. The minimum Gasteiger partial charge on any atom is -0.457 e. The maximum Gasteiger partial charge on any atom is 0.379 e. The molecule has 0 radical (unpaired) electrons. The molecule has 8 heteroatoms. The van der Waals surface area contributed by atoms with Crippen LogP contribution in [0.4, 0.5) is 0 Å². The molecular weight excluding hydrogens is 374 g/mol. The number of hydrazone groups is 1. The van der Waals surface area contributed by atoms with Gasteiger partial charge in [0.05, 0.1) is 12.5 Å². The van der Waals surface area contributed by atoms with Crippen LogP contribution in [0.2, 0.25) is 0 Å². The van der Waals surface area contributed by atoms with Gasteiger partial charge in [0.1, 0.15) is 5.75 Å². The predicted octanol–water partition coefficient (Wildman–Crippen LogP) is 2.27. The molecular formula is C21H17N3O5. The van der Waals surface area contributed by atoms with E-state index in [1.165, 1.54) is 18.5 Å². The Bertz CT molecular complexity index is 1010. The fourth-order valence-electron chi connectivity index (χ4n) is 2.29. The highest BCUT2D eigenvalue weighted by molar-refractivity contribution is 6.35. The van der Waals surface area contributed by atoms with Crippen molar-refractivity contribution in [3.8, 4) is 5.75 Å². The van der Waals surface area contributed by atoms with E-state index in [0.717, 1.165) is 5.56 Å². The van der Waals surface area contributed by atoms with Crippen LogP contribution in [-0.2, 0) is 16.1 Å². The first-order valence-electron chi connectivity index (χ1n) is 8.63. The summed E-state index contributed by atoms with van der Waals surface area (Å²) in [5.74, 6) is -1.96. The Morgan fingerprint density at radius 2 is 1.79 bits per heavy atom. The highest BCUT2D eigenvalue weighted by atomic mass is 16.5. The molecule has 0 aliphatic carbocycles. The molecule has 1 heterocycles. The van der Waals surface area contributed by atoms with Crippen molar-refractivity contribution in [1.29, 1.82) is 0 Å². The number of furan rings is 1. The highest BCUT2D eigenvalue weighted by Crippen LogP contribution is 2.14. The number of nitrogens with one attached hydrogen (secondary N) is 2. The van der Waals surface area contributed by atoms with E-state index < -0.39 is 17.8 Å². The molecule has 3 aromatic rings. The zero-order chi connectivity index (χ0) is 20.5. The van der Waals surface area contributed by atoms with Gasteiger partial charge in [-0.25, -0.2) is 10.2 Å². The number of rotatable bonds is 6. The Morgan fingerprint density at radius 3 is 2.55 bits per heavy atom. The lowest BCUT2D eigenvalue weighted by Crippen LogP contribution is -2.37. The van der Waals surface area contributed by atoms with E-state index in [1.54, 1.807) is 30.3 Å². The van der Waals surface area contributed by atoms with E-state index in [0.29, 0.717) is 5.56 Å². The van der Waals surface area contributed by atoms with Crippen molar-refractivity contribution in [2.45, 2.75) is 6.54 Å². The number of benzene rings is 2. The van der Waals surface area contributed by atoms with Gasteiger partial charge < -0.3 is 14.5 Å². The third-order valence-corrected chi connectivity index (χ3v) is 3.67. The second kappa shape index (κ2) is 9.65. The fraction of sp³-hybridized carbons (Fsp3) is 0.0476. The molecule has 0 bridgehead atoms. The largest absolute Gasteiger partial charge is 0.457 e. The molecule has 0 aliphatic heterocycles. The summed E-state index contributed by atoms with van der Waals surface area (Å²) < 4.78 is 10.2. The van der Waals surface area contributed by atoms with Crippen molar-refractivity contribution < 1.29 is 23.5 Å². The van der Waals surface area contributed by atoms with Crippen LogP contribution in [0.25, 0.3) is 0 Å². The van der Waals surface area contributed by atoms with Crippen LogP contribution in [0.5, 0.6) is 5.75 Å². The molecule has 0 spiro atoms. The summed E-state index contributed by atoms with van der Waals surface area (Å²) in [6, 6.07) is 18.8. The maximum atomic E-state index is 11.9. The van der Waals surface area contributed by atoms with Gasteiger partial charge in [-0.15, -0.1) is 0 Å². The third kappa shape index (κ3) is 5.90. The van der Waals surface area contributed by atoms with Crippen molar-refractivity contribution in [3.63, 3.8) is 0 Å². The molecule has 8 nitrogen and oxygen atoms in total. The van der Waals surface area contributed by atoms with Gasteiger partial charge in [0.25, 0.3) is 0 Å². The molecule has 2 aromatic carbocycles. The zero-order valence-corrected chi connectivity index (χ0v) is 15.2. The number of carbonyl (C=O) groups is 3. The molecule has 0 unspecified atom stereocenters. The first-order valence-corrected chi connectivity index (χ1v) is 8.63. The number of nitrogens with zero attached hydrogens (tertiary/aromatic N) is 1. The lowest BCUT2D eigenvalue weighted by Gasteiger charge is -2.04. The van der Waals surface area contributed by atoms with Crippen LogP contribution in [0.15, 0.2) is 82.5 Å². The molecule has 0 saturated carbocycles. The second-order valence-electron chi connectivity index (χ2n) is 5.81. The summed E-state index contributed by atoms with van der Waals surface area (Å²) >= 11 is 0. The minimum absolute atomic E-state index is 0.0813. The predicted molar refractivity (Wildman–Crippen MR) is 104 cm³/mol. The van der Waals surface area contributed by atoms with Crippen molar-refractivity contribution in [2.24, 2.45) is 5.10 Å². The number of esters is 1. The summed E-state index contributed by atoms with van der Waals surface area (Å²) in [4.78, 5) is 35.4. The van der Waals surface area contributed by atoms with Crippen LogP contribution < -0.4 is 15.5 Å². The van der Waals surface area contributed by atoms with Gasteiger partial charge in [-0.3, -0.25) is 9.59 Å². The van der Waals surface area contributed by atoms with Gasteiger partial charge in [-0.05, 0) is 35.4 Å². The van der Waals surface area contributed by atoms with Gasteiger partial charge in [-0.1, -0.05) is 42.5 Å². The average Bonchev–Trinajstić information content (AvgIpc) is 3.28. The van der Waals surface area contributed by atoms with Crippen molar-refractivity contribution >= 4 is 24.0 Å². The van der Waals surface area contributed by atoms with Crippen molar-refractivity contribution in [1.82, 2.24) is 10.7 Å². The summed E-state index contributed by atoms with van der Waals surface area (Å²) in [5.41, 5.74) is 3.57. The number of carbonyl (C=O) groups excluding carboxylic acids is 3. The summed E-state index contributed by atoms with van der Waals surface area (Å²) in [6.07, 6.45) is 2.70. The lowest BCUT2D eigenvalue weighted by molar-refractivity contribution is -0.139. The number of hydrogen-bond acceptors (Lipinski definition) is 6. The molecule has 2 N–H and O–H groups in total. The molecule has 2 amide bonds. The van der Waals surface area contributed by atoms with E-state index in [9.17, 15) is 14.4 Å². The minimum atomic E-state index is -0.891. The molecule has 0 aliphatic rings. The standard InChI is InChI=1S/C21H17N3O5/c25-19(22-13-15-6-2-1-3-7-15)20(26)24-23-14-16-8-4-9-17(12-16)29-21(27)18-10-5-11-28-18/h1-12,14H,13H2,(H,22,25)(H,24,26). The van der Waals surface area contributed by atoms with E-state index in [4.69, 9.17) is 9.15 Å². The van der Waals surface area contributed by atoms with Crippen molar-refractivity contribution in [3.05, 3.63) is 89.9 Å². The van der Waals surface area contributed by atoms with Crippen LogP contribution in [-0.4, -0.2) is 24.0 Å². The topological polar surface area (TPSA) is 110 Å². The molecule has 0 saturated heterocycles. The van der Waals surface area contributed by atoms with Crippen molar-refractivity contribution in [2.75, 3.05) is 0 Å². The fourth-order valence-corrected chi connectivity index (χ4v) is 2.29. The van der Waals surface area contributed by atoms with E-state index in [1.807, 2.05) is 30.3 Å².